The number of hydrogen-bond donors (Lipinski definition) is 1. The van der Waals surface area contributed by atoms with Gasteiger partial charge in [0.15, 0.2) is 5.13 Å². The van der Waals surface area contributed by atoms with Crippen LogP contribution in [0.15, 0.2) is 60.0 Å². The Kier molecular flexibility index (Phi) is 9.09. The maximum Gasteiger partial charge on any atom is 0.306 e. The van der Waals surface area contributed by atoms with Crippen LogP contribution < -0.4 is 14.4 Å². The number of carboxylic acids is 1. The first kappa shape index (κ1) is 29.2. The molecule has 0 spiro atoms. The third-order valence-corrected chi connectivity index (χ3v) is 8.50. The molecule has 0 unspecified atom stereocenters. The number of piperidine rings is 1. The molecule has 0 aliphatic carbocycles. The number of aromatic nitrogens is 1. The summed E-state index contributed by atoms with van der Waals surface area (Å²) >= 11 is 1.58. The molecule has 3 aromatic carbocycles. The molecule has 1 saturated heterocycles. The van der Waals surface area contributed by atoms with Crippen molar-refractivity contribution in [3.63, 3.8) is 0 Å². The van der Waals surface area contributed by atoms with E-state index in [9.17, 15) is 15.2 Å². The molecule has 216 valence electrons. The second-order valence-electron chi connectivity index (χ2n) is 10.7. The molecule has 4 aromatic rings. The number of nitrogens with zero attached hydrogens (tertiary/aromatic N) is 3. The Labute approximate surface area is 251 Å². The lowest BCUT2D eigenvalue weighted by molar-refractivity contribution is -0.142. The Morgan fingerprint density at radius 1 is 1.05 bits per heavy atom. The molecule has 2 heterocycles. The van der Waals surface area contributed by atoms with Gasteiger partial charge >= 0.3 is 5.97 Å². The third kappa shape index (κ3) is 6.58. The summed E-state index contributed by atoms with van der Waals surface area (Å²) in [7, 11) is 0. The van der Waals surface area contributed by atoms with Gasteiger partial charge in [0.2, 0.25) is 0 Å². The second kappa shape index (κ2) is 13.1. The minimum absolute atomic E-state index is 0.272. The van der Waals surface area contributed by atoms with E-state index in [1.165, 1.54) is 0 Å². The monoisotopic (exact) mass is 581 g/mol. The van der Waals surface area contributed by atoms with E-state index in [0.717, 1.165) is 62.1 Å². The van der Waals surface area contributed by atoms with Crippen LogP contribution in [-0.4, -0.2) is 35.8 Å². The number of nitriles is 1. The van der Waals surface area contributed by atoms with E-state index in [1.807, 2.05) is 48.7 Å². The average Bonchev–Trinajstić information content (AvgIpc) is 3.50. The molecular formula is C34H35N3O4S. The highest BCUT2D eigenvalue weighted by atomic mass is 32.1. The van der Waals surface area contributed by atoms with Crippen molar-refractivity contribution in [3.05, 3.63) is 82.2 Å². The molecule has 0 saturated carbocycles. The molecule has 1 N–H and O–H groups in total. The van der Waals surface area contributed by atoms with E-state index in [2.05, 4.69) is 43.0 Å². The van der Waals surface area contributed by atoms with E-state index >= 15 is 0 Å². The van der Waals surface area contributed by atoms with Crippen LogP contribution in [0.1, 0.15) is 48.4 Å². The largest absolute Gasteiger partial charge is 0.493 e. The number of carbonyl (C=O) groups is 1. The molecule has 0 bridgehead atoms. The fourth-order valence-electron chi connectivity index (χ4n) is 5.22. The zero-order valence-corrected chi connectivity index (χ0v) is 25.0. The summed E-state index contributed by atoms with van der Waals surface area (Å²) in [6.45, 7) is 8.48. The Morgan fingerprint density at radius 2 is 1.86 bits per heavy atom. The van der Waals surface area contributed by atoms with Crippen molar-refractivity contribution in [2.24, 2.45) is 5.92 Å². The van der Waals surface area contributed by atoms with Crippen molar-refractivity contribution in [2.75, 3.05) is 24.6 Å². The molecule has 1 aliphatic rings. The van der Waals surface area contributed by atoms with Gasteiger partial charge in [-0.25, -0.2) is 4.98 Å². The normalized spacial score (nSPS) is 13.5. The zero-order chi connectivity index (χ0) is 29.6. The summed E-state index contributed by atoms with van der Waals surface area (Å²) in [6.07, 6.45) is 2.16. The van der Waals surface area contributed by atoms with Crippen LogP contribution in [0.4, 0.5) is 5.13 Å². The first-order valence-corrected chi connectivity index (χ1v) is 15.2. The Balaban J connectivity index is 1.36. The predicted molar refractivity (Wildman–Crippen MR) is 166 cm³/mol. The Hall–Kier alpha value is -4.35. The van der Waals surface area contributed by atoms with E-state index in [4.69, 9.17) is 14.5 Å². The van der Waals surface area contributed by atoms with Crippen molar-refractivity contribution in [3.8, 4) is 40.0 Å². The van der Waals surface area contributed by atoms with Crippen molar-refractivity contribution >= 4 is 22.4 Å². The minimum Gasteiger partial charge on any atom is -0.493 e. The number of thiazole rings is 1. The van der Waals surface area contributed by atoms with Gasteiger partial charge in [-0.2, -0.15) is 5.26 Å². The summed E-state index contributed by atoms with van der Waals surface area (Å²) in [6, 6.07) is 20.2. The number of aliphatic carboxylic acids is 1. The smallest absolute Gasteiger partial charge is 0.306 e. The molecule has 5 rings (SSSR count). The van der Waals surface area contributed by atoms with Crippen LogP contribution in [0.2, 0.25) is 0 Å². The first-order valence-electron chi connectivity index (χ1n) is 14.3. The summed E-state index contributed by atoms with van der Waals surface area (Å²) in [5.74, 6) is 0.548. The van der Waals surface area contributed by atoms with Crippen molar-refractivity contribution in [1.82, 2.24) is 4.98 Å². The van der Waals surface area contributed by atoms with Gasteiger partial charge in [-0.3, -0.25) is 4.79 Å². The quantitative estimate of drug-likeness (QED) is 0.206. The van der Waals surface area contributed by atoms with Crippen molar-refractivity contribution < 1.29 is 19.4 Å². The average molecular weight is 582 g/mol. The van der Waals surface area contributed by atoms with Crippen LogP contribution in [0.3, 0.4) is 0 Å². The summed E-state index contributed by atoms with van der Waals surface area (Å²) in [5.41, 5.74) is 7.63. The lowest BCUT2D eigenvalue weighted by Gasteiger charge is -2.29. The zero-order valence-electron chi connectivity index (χ0n) is 24.2. The van der Waals surface area contributed by atoms with Gasteiger partial charge in [0.1, 0.15) is 18.1 Å². The van der Waals surface area contributed by atoms with Gasteiger partial charge in [0, 0.05) is 29.6 Å². The van der Waals surface area contributed by atoms with Gasteiger partial charge < -0.3 is 19.5 Å². The molecule has 0 amide bonds. The second-order valence-corrected chi connectivity index (χ2v) is 11.6. The molecule has 1 fully saturated rings. The first-order chi connectivity index (χ1) is 20.4. The van der Waals surface area contributed by atoms with Gasteiger partial charge in [0.25, 0.3) is 0 Å². The van der Waals surface area contributed by atoms with E-state index < -0.39 is 5.97 Å². The number of anilines is 1. The fraction of sp³-hybridized carbons (Fsp3) is 0.324. The van der Waals surface area contributed by atoms with Crippen LogP contribution in [-0.2, 0) is 11.4 Å². The molecular weight excluding hydrogens is 546 g/mol. The predicted octanol–water partition coefficient (Wildman–Crippen LogP) is 7.63. The number of rotatable bonds is 10. The summed E-state index contributed by atoms with van der Waals surface area (Å²) < 4.78 is 12.6. The van der Waals surface area contributed by atoms with E-state index in [-0.39, 0.29) is 5.92 Å². The molecule has 7 nitrogen and oxygen atoms in total. The molecule has 42 heavy (non-hydrogen) atoms. The number of carboxylic acid groups (broad SMARTS) is 1. The summed E-state index contributed by atoms with van der Waals surface area (Å²) in [4.78, 5) is 18.5. The van der Waals surface area contributed by atoms with Crippen molar-refractivity contribution in [1.29, 1.82) is 5.26 Å². The molecule has 0 radical (unpaired) electrons. The third-order valence-electron chi connectivity index (χ3n) is 7.60. The summed E-state index contributed by atoms with van der Waals surface area (Å²) in [5, 5.41) is 21.5. The van der Waals surface area contributed by atoms with Crippen LogP contribution in [0.5, 0.6) is 11.5 Å². The number of hydrogen-bond acceptors (Lipinski definition) is 7. The van der Waals surface area contributed by atoms with E-state index in [0.29, 0.717) is 44.7 Å². The SMILES string of the molecule is CCCOc1cc(-c2ccc(C#N)cc2C)ccc1COc1ccc(C)cc1-c1csc(N2CCC(C(=O)O)CC2)n1. The van der Waals surface area contributed by atoms with Gasteiger partial charge in [-0.1, -0.05) is 36.8 Å². The van der Waals surface area contributed by atoms with Crippen LogP contribution in [0.25, 0.3) is 22.4 Å². The van der Waals surface area contributed by atoms with E-state index in [1.54, 1.807) is 11.3 Å². The molecule has 1 aliphatic heterocycles. The standard InChI is InChI=1S/C34H35N3O4S/c1-4-15-40-32-18-26(28-9-6-24(19-35)17-23(28)3)7-8-27(32)20-41-31-10-5-22(2)16-29(31)30-21-42-34(36-30)37-13-11-25(12-14-37)33(38)39/h5-10,16-18,21,25H,4,11-15,20H2,1-3H3,(H,38,39). The Morgan fingerprint density at radius 3 is 2.57 bits per heavy atom. The highest BCUT2D eigenvalue weighted by Gasteiger charge is 2.26. The number of aryl methyl sites for hydroxylation is 2. The fourth-order valence-corrected chi connectivity index (χ4v) is 6.10. The van der Waals surface area contributed by atoms with Gasteiger partial charge in [-0.15, -0.1) is 11.3 Å². The Bertz CT molecular complexity index is 1620. The van der Waals surface area contributed by atoms with Gasteiger partial charge in [0.05, 0.1) is 29.9 Å². The minimum atomic E-state index is -0.710. The number of benzene rings is 3. The topological polar surface area (TPSA) is 95.7 Å². The highest BCUT2D eigenvalue weighted by Crippen LogP contribution is 2.37. The lowest BCUT2D eigenvalue weighted by atomic mass is 9.97. The maximum atomic E-state index is 11.3. The molecule has 0 atom stereocenters. The highest BCUT2D eigenvalue weighted by molar-refractivity contribution is 7.14. The van der Waals surface area contributed by atoms with Crippen molar-refractivity contribution in [2.45, 2.75) is 46.6 Å². The maximum absolute atomic E-state index is 11.3. The van der Waals surface area contributed by atoms with Crippen LogP contribution >= 0.6 is 11.3 Å². The van der Waals surface area contributed by atoms with Gasteiger partial charge in [-0.05, 0) is 80.1 Å². The molecule has 1 aromatic heterocycles. The van der Waals surface area contributed by atoms with Crippen LogP contribution in [0, 0.1) is 31.1 Å². The lowest BCUT2D eigenvalue weighted by Crippen LogP contribution is -2.36. The number of ether oxygens (including phenoxy) is 2. The molecule has 8 heteroatoms.